The Morgan fingerprint density at radius 1 is 0.965 bits per heavy atom. The van der Waals surface area contributed by atoms with Crippen molar-refractivity contribution in [2.75, 3.05) is 51.5 Å². The lowest BCUT2D eigenvalue weighted by atomic mass is 9.69. The number of aliphatic hydroxyl groups is 1. The molecule has 3 atom stereocenters. The summed E-state index contributed by atoms with van der Waals surface area (Å²) in [6, 6.07) is 6.46. The zero-order valence-corrected chi connectivity index (χ0v) is 33.7. The van der Waals surface area contributed by atoms with Crippen LogP contribution in [0.5, 0.6) is 17.6 Å². The number of anilines is 1. The van der Waals surface area contributed by atoms with Gasteiger partial charge in [-0.15, -0.1) is 6.42 Å². The van der Waals surface area contributed by atoms with Crippen LogP contribution < -0.4 is 14.4 Å². The Morgan fingerprint density at radius 2 is 1.72 bits per heavy atom. The van der Waals surface area contributed by atoms with Gasteiger partial charge < -0.3 is 29.3 Å². The van der Waals surface area contributed by atoms with Gasteiger partial charge in [-0.1, -0.05) is 32.3 Å². The SMILES string of the molecule is C#Cc1c(F)ccc2cc(O)cc(-c3nc(OC)c4c(N5CCCC(C)(O)C5)nc(OCC56CCCC5N(C5CCC7(CC5)COC7)CCC6)nc4c3F)c12.CC. The summed E-state index contributed by atoms with van der Waals surface area (Å²) in [6.45, 7) is 9.91. The second-order valence-corrected chi connectivity index (χ2v) is 17.1. The van der Waals surface area contributed by atoms with E-state index in [2.05, 4.69) is 15.8 Å². The number of ether oxygens (including phenoxy) is 3. The number of benzene rings is 2. The van der Waals surface area contributed by atoms with Gasteiger partial charge in [0.05, 0.1) is 38.1 Å². The van der Waals surface area contributed by atoms with Crippen molar-refractivity contribution in [3.05, 3.63) is 41.5 Å². The van der Waals surface area contributed by atoms with Crippen molar-refractivity contribution < 1.29 is 33.2 Å². The average molecular weight is 784 g/mol. The van der Waals surface area contributed by atoms with E-state index in [0.29, 0.717) is 54.7 Å². The van der Waals surface area contributed by atoms with E-state index in [4.69, 9.17) is 30.6 Å². The molecule has 5 aliphatic rings. The number of halogens is 2. The third-order valence-electron chi connectivity index (χ3n) is 13.5. The Hall–Kier alpha value is -4.31. The van der Waals surface area contributed by atoms with Crippen molar-refractivity contribution in [3.63, 3.8) is 0 Å². The largest absolute Gasteiger partial charge is 0.508 e. The van der Waals surface area contributed by atoms with E-state index < -0.39 is 17.2 Å². The van der Waals surface area contributed by atoms with E-state index in [-0.39, 0.29) is 62.7 Å². The Balaban J connectivity index is 0.00000224. The van der Waals surface area contributed by atoms with Crippen molar-refractivity contribution in [2.24, 2.45) is 10.8 Å². The Labute approximate surface area is 333 Å². The zero-order valence-electron chi connectivity index (χ0n) is 33.7. The van der Waals surface area contributed by atoms with E-state index in [1.165, 1.54) is 57.1 Å². The molecular formula is C45H55F2N5O5. The molecule has 10 nitrogen and oxygen atoms in total. The molecule has 2 N–H and O–H groups in total. The van der Waals surface area contributed by atoms with Crippen molar-refractivity contribution in [2.45, 2.75) is 109 Å². The molecule has 12 heteroatoms. The average Bonchev–Trinajstić information content (AvgIpc) is 3.64. The molecule has 3 unspecified atom stereocenters. The fourth-order valence-corrected chi connectivity index (χ4v) is 10.7. The fourth-order valence-electron chi connectivity index (χ4n) is 10.7. The highest BCUT2D eigenvalue weighted by Gasteiger charge is 2.52. The van der Waals surface area contributed by atoms with Crippen LogP contribution in [0, 0.1) is 34.8 Å². The Kier molecular flexibility index (Phi) is 10.7. The maximum absolute atomic E-state index is 17.3. The number of phenolic OH excluding ortho intramolecular Hbond substituents is 1. The van der Waals surface area contributed by atoms with Gasteiger partial charge in [-0.25, -0.2) is 13.8 Å². The lowest BCUT2D eigenvalue weighted by molar-refractivity contribution is -0.143. The number of phenols is 1. The molecule has 9 rings (SSSR count). The molecule has 2 aromatic heterocycles. The molecule has 0 radical (unpaired) electrons. The number of likely N-dealkylation sites (tertiary alicyclic amines) is 1. The predicted molar refractivity (Wildman–Crippen MR) is 217 cm³/mol. The first kappa shape index (κ1) is 39.5. The molecule has 57 heavy (non-hydrogen) atoms. The van der Waals surface area contributed by atoms with Gasteiger partial charge in [-0.3, -0.25) is 4.90 Å². The minimum atomic E-state index is -1.00. The predicted octanol–water partition coefficient (Wildman–Crippen LogP) is 8.17. The molecule has 5 heterocycles. The van der Waals surface area contributed by atoms with Crippen LogP contribution in [0.25, 0.3) is 32.9 Å². The van der Waals surface area contributed by atoms with Gasteiger partial charge >= 0.3 is 6.01 Å². The summed E-state index contributed by atoms with van der Waals surface area (Å²) in [5, 5.41) is 22.8. The van der Waals surface area contributed by atoms with Crippen molar-refractivity contribution in [3.8, 4) is 41.2 Å². The van der Waals surface area contributed by atoms with Gasteiger partial charge in [0.15, 0.2) is 5.82 Å². The minimum absolute atomic E-state index is 0.0312. The molecule has 304 valence electrons. The van der Waals surface area contributed by atoms with Crippen molar-refractivity contribution in [1.29, 1.82) is 0 Å². The number of terminal acetylenes is 1. The number of fused-ring (bicyclic) bond motifs is 3. The smallest absolute Gasteiger partial charge is 0.319 e. The van der Waals surface area contributed by atoms with E-state index in [1.54, 1.807) is 6.92 Å². The van der Waals surface area contributed by atoms with Gasteiger partial charge in [-0.05, 0) is 101 Å². The van der Waals surface area contributed by atoms with Crippen LogP contribution in [0.15, 0.2) is 24.3 Å². The molecule has 0 bridgehead atoms. The van der Waals surface area contributed by atoms with Gasteiger partial charge in [0, 0.05) is 47.0 Å². The number of piperidine rings is 2. The summed E-state index contributed by atoms with van der Waals surface area (Å²) < 4.78 is 50.5. The molecule has 2 aliphatic carbocycles. The monoisotopic (exact) mass is 783 g/mol. The number of rotatable bonds is 7. The first-order valence-corrected chi connectivity index (χ1v) is 20.8. The molecule has 3 saturated heterocycles. The first-order chi connectivity index (χ1) is 27.5. The molecule has 2 aromatic carbocycles. The minimum Gasteiger partial charge on any atom is -0.508 e. The second-order valence-electron chi connectivity index (χ2n) is 17.1. The van der Waals surface area contributed by atoms with Crippen LogP contribution in [0.3, 0.4) is 0 Å². The molecule has 0 amide bonds. The van der Waals surface area contributed by atoms with Gasteiger partial charge in [0.1, 0.15) is 34.0 Å². The molecule has 3 aliphatic heterocycles. The number of aromatic hydroxyl groups is 1. The number of nitrogens with zero attached hydrogens (tertiary/aromatic N) is 5. The zero-order chi connectivity index (χ0) is 40.1. The normalized spacial score (nSPS) is 26.1. The number of β-amino-alcohol motifs (C(OH)–C–C–N with tert-alkyl or cyclic N) is 1. The van der Waals surface area contributed by atoms with Crippen LogP contribution in [0.2, 0.25) is 0 Å². The molecule has 4 aromatic rings. The van der Waals surface area contributed by atoms with Crippen LogP contribution in [-0.4, -0.2) is 94.3 Å². The van der Waals surface area contributed by atoms with Crippen molar-refractivity contribution in [1.82, 2.24) is 19.9 Å². The number of hydrogen-bond acceptors (Lipinski definition) is 10. The summed E-state index contributed by atoms with van der Waals surface area (Å²) in [6.07, 6.45) is 17.4. The van der Waals surface area contributed by atoms with Gasteiger partial charge in [0.25, 0.3) is 0 Å². The van der Waals surface area contributed by atoms with Crippen molar-refractivity contribution >= 4 is 27.5 Å². The summed E-state index contributed by atoms with van der Waals surface area (Å²) in [5.41, 5.74) is -0.966. The molecule has 1 spiro atoms. The first-order valence-electron chi connectivity index (χ1n) is 20.8. The third kappa shape index (κ3) is 7.04. The highest BCUT2D eigenvalue weighted by atomic mass is 19.1. The summed E-state index contributed by atoms with van der Waals surface area (Å²) in [4.78, 5) is 19.0. The highest BCUT2D eigenvalue weighted by molar-refractivity contribution is 6.04. The van der Waals surface area contributed by atoms with Crippen LogP contribution in [0.1, 0.15) is 97.0 Å². The number of hydrogen-bond donors (Lipinski definition) is 2. The third-order valence-corrected chi connectivity index (χ3v) is 13.5. The summed E-state index contributed by atoms with van der Waals surface area (Å²) in [7, 11) is 1.43. The summed E-state index contributed by atoms with van der Waals surface area (Å²) >= 11 is 0. The second kappa shape index (κ2) is 15.5. The van der Waals surface area contributed by atoms with E-state index in [1.807, 2.05) is 18.7 Å². The van der Waals surface area contributed by atoms with Gasteiger partial charge in [-0.2, -0.15) is 9.97 Å². The number of methoxy groups -OCH3 is 1. The van der Waals surface area contributed by atoms with E-state index >= 15 is 8.78 Å². The van der Waals surface area contributed by atoms with Crippen LogP contribution >= 0.6 is 0 Å². The standard InChI is InChI=1S/C43H49F2N5O5.C2H6/c1-4-29-31(44)10-9-26-20-28(51)21-30(33(26)29)36-35(45)37-34(39(46-36)53-3)38(49-18-6-13-41(2,52)22-49)48-40(47-37)55-25-43-14-5-8-32(43)50(19-7-15-43)27-11-16-42(17-12-27)23-54-24-42;1-2/h1,9-10,20-21,27,32,51-52H,5-8,11-19,22-25H2,2-3H3;1-2H3. The summed E-state index contributed by atoms with van der Waals surface area (Å²) in [5.74, 6) is 1.14. The maximum Gasteiger partial charge on any atom is 0.319 e. The molecule has 2 saturated carbocycles. The van der Waals surface area contributed by atoms with Crippen LogP contribution in [0.4, 0.5) is 14.6 Å². The fraction of sp³-hybridized carbons (Fsp3) is 0.578. The maximum atomic E-state index is 17.3. The highest BCUT2D eigenvalue weighted by Crippen LogP contribution is 2.52. The Morgan fingerprint density at radius 3 is 2.42 bits per heavy atom. The van der Waals surface area contributed by atoms with Crippen LogP contribution in [-0.2, 0) is 4.74 Å². The number of aromatic nitrogens is 3. The number of pyridine rings is 1. The van der Waals surface area contributed by atoms with E-state index in [9.17, 15) is 10.2 Å². The Bertz CT molecular complexity index is 2200. The topological polar surface area (TPSA) is 113 Å². The van der Waals surface area contributed by atoms with Gasteiger partial charge in [0.2, 0.25) is 5.88 Å². The van der Waals surface area contributed by atoms with E-state index in [0.717, 1.165) is 51.9 Å². The lowest BCUT2D eigenvalue weighted by Gasteiger charge is -2.53. The molecular weight excluding hydrogens is 729 g/mol. The lowest BCUT2D eigenvalue weighted by Crippen LogP contribution is -2.57. The molecule has 5 fully saturated rings. The quantitative estimate of drug-likeness (QED) is 0.178.